The zero-order valence-electron chi connectivity index (χ0n) is 9.87. The normalized spacial score (nSPS) is 17.3. The van der Waals surface area contributed by atoms with E-state index in [0.717, 1.165) is 12.8 Å². The first-order chi connectivity index (χ1) is 7.15. The molecule has 1 radical (unpaired) electrons. The molecule has 0 N–H and O–H groups in total. The van der Waals surface area contributed by atoms with Gasteiger partial charge >= 0.3 is 0 Å². The molecule has 1 saturated carbocycles. The highest BCUT2D eigenvalue weighted by atomic mass is 16.7. The number of hydrogen-bond donors (Lipinski definition) is 0. The van der Waals surface area contributed by atoms with Gasteiger partial charge in [0.1, 0.15) is 0 Å². The molecular formula is C12H22NO2. The minimum atomic E-state index is 0.128. The van der Waals surface area contributed by atoms with Gasteiger partial charge in [-0.2, -0.15) is 0 Å². The van der Waals surface area contributed by atoms with E-state index in [1.54, 1.807) is 0 Å². The van der Waals surface area contributed by atoms with Gasteiger partial charge in [0.05, 0.1) is 6.61 Å². The SMILES string of the molecule is [CH2]CN(OCC(C)C)C(=O)C1CCCC1. The first-order valence-electron chi connectivity index (χ1n) is 5.88. The van der Waals surface area contributed by atoms with Crippen molar-refractivity contribution in [3.05, 3.63) is 6.92 Å². The monoisotopic (exact) mass is 212 g/mol. The number of rotatable bonds is 5. The molecule has 0 aliphatic heterocycles. The minimum Gasteiger partial charge on any atom is -0.272 e. The van der Waals surface area contributed by atoms with E-state index in [-0.39, 0.29) is 11.8 Å². The maximum absolute atomic E-state index is 12.0. The van der Waals surface area contributed by atoms with Crippen LogP contribution in [0.1, 0.15) is 39.5 Å². The van der Waals surface area contributed by atoms with Crippen LogP contribution < -0.4 is 0 Å². The number of hydrogen-bond acceptors (Lipinski definition) is 2. The molecule has 0 atom stereocenters. The molecule has 0 bridgehead atoms. The van der Waals surface area contributed by atoms with Crippen LogP contribution in [0.5, 0.6) is 0 Å². The van der Waals surface area contributed by atoms with Crippen molar-refractivity contribution in [2.45, 2.75) is 39.5 Å². The van der Waals surface area contributed by atoms with E-state index in [2.05, 4.69) is 20.8 Å². The third-order valence-electron chi connectivity index (χ3n) is 2.72. The fraction of sp³-hybridized carbons (Fsp3) is 0.833. The molecular weight excluding hydrogens is 190 g/mol. The summed E-state index contributed by atoms with van der Waals surface area (Å²) in [7, 11) is 0. The summed E-state index contributed by atoms with van der Waals surface area (Å²) in [5, 5.41) is 1.44. The summed E-state index contributed by atoms with van der Waals surface area (Å²) in [6, 6.07) is 0. The Morgan fingerprint density at radius 1 is 1.47 bits per heavy atom. The van der Waals surface area contributed by atoms with Gasteiger partial charge in [-0.25, -0.2) is 5.06 Å². The lowest BCUT2D eigenvalue weighted by molar-refractivity contribution is -0.191. The van der Waals surface area contributed by atoms with Gasteiger partial charge in [-0.3, -0.25) is 9.63 Å². The molecule has 1 aliphatic rings. The molecule has 0 heterocycles. The van der Waals surface area contributed by atoms with Crippen LogP contribution in [0.2, 0.25) is 0 Å². The lowest BCUT2D eigenvalue weighted by Gasteiger charge is -2.24. The minimum absolute atomic E-state index is 0.128. The Hall–Kier alpha value is -0.570. The summed E-state index contributed by atoms with van der Waals surface area (Å²) in [5.74, 6) is 0.748. The van der Waals surface area contributed by atoms with Crippen LogP contribution in [0.4, 0.5) is 0 Å². The van der Waals surface area contributed by atoms with E-state index in [0.29, 0.717) is 19.1 Å². The van der Waals surface area contributed by atoms with Crippen molar-refractivity contribution in [1.29, 1.82) is 0 Å². The van der Waals surface area contributed by atoms with Crippen LogP contribution in [-0.2, 0) is 9.63 Å². The van der Waals surface area contributed by atoms with Gasteiger partial charge in [0, 0.05) is 12.5 Å². The fourth-order valence-electron chi connectivity index (χ4n) is 1.85. The van der Waals surface area contributed by atoms with E-state index >= 15 is 0 Å². The summed E-state index contributed by atoms with van der Waals surface area (Å²) in [4.78, 5) is 17.4. The fourth-order valence-corrected chi connectivity index (χ4v) is 1.85. The van der Waals surface area contributed by atoms with Crippen molar-refractivity contribution >= 4 is 5.91 Å². The van der Waals surface area contributed by atoms with E-state index in [1.165, 1.54) is 17.9 Å². The van der Waals surface area contributed by atoms with Crippen LogP contribution in [-0.4, -0.2) is 24.1 Å². The molecule has 1 aliphatic carbocycles. The number of carbonyl (C=O) groups excluding carboxylic acids is 1. The number of hydroxylamine groups is 2. The molecule has 0 unspecified atom stereocenters. The Labute approximate surface area is 92.7 Å². The van der Waals surface area contributed by atoms with Gasteiger partial charge in [0.25, 0.3) is 0 Å². The van der Waals surface area contributed by atoms with Crippen LogP contribution in [0.3, 0.4) is 0 Å². The Morgan fingerprint density at radius 3 is 2.53 bits per heavy atom. The molecule has 0 spiro atoms. The highest BCUT2D eigenvalue weighted by Crippen LogP contribution is 2.26. The average molecular weight is 212 g/mol. The third-order valence-corrected chi connectivity index (χ3v) is 2.72. The first kappa shape index (κ1) is 12.5. The molecule has 87 valence electrons. The summed E-state index contributed by atoms with van der Waals surface area (Å²) < 4.78 is 0. The summed E-state index contributed by atoms with van der Waals surface area (Å²) in [5.41, 5.74) is 0. The van der Waals surface area contributed by atoms with Crippen molar-refractivity contribution in [1.82, 2.24) is 5.06 Å². The zero-order chi connectivity index (χ0) is 11.3. The standard InChI is InChI=1S/C12H22NO2/c1-4-13(15-9-10(2)3)12(14)11-7-5-6-8-11/h10-11H,1,4-9H2,2-3H3. The van der Waals surface area contributed by atoms with E-state index in [4.69, 9.17) is 4.84 Å². The van der Waals surface area contributed by atoms with Gasteiger partial charge in [0.15, 0.2) is 0 Å². The van der Waals surface area contributed by atoms with Crippen molar-refractivity contribution in [3.8, 4) is 0 Å². The predicted molar refractivity (Wildman–Crippen MR) is 59.8 cm³/mol. The van der Waals surface area contributed by atoms with E-state index in [9.17, 15) is 4.79 Å². The van der Waals surface area contributed by atoms with Crippen LogP contribution in [0, 0.1) is 18.8 Å². The number of nitrogens with zero attached hydrogens (tertiary/aromatic N) is 1. The van der Waals surface area contributed by atoms with Gasteiger partial charge in [0.2, 0.25) is 5.91 Å². The lowest BCUT2D eigenvalue weighted by atomic mass is 10.1. The molecule has 15 heavy (non-hydrogen) atoms. The second-order valence-electron chi connectivity index (χ2n) is 4.61. The molecule has 0 aromatic carbocycles. The Bertz CT molecular complexity index is 198. The van der Waals surface area contributed by atoms with Crippen molar-refractivity contribution in [3.63, 3.8) is 0 Å². The van der Waals surface area contributed by atoms with Crippen LogP contribution in [0.15, 0.2) is 0 Å². The molecule has 1 rings (SSSR count). The Kier molecular flexibility index (Phi) is 5.09. The molecule has 0 saturated heterocycles. The maximum atomic E-state index is 12.0. The van der Waals surface area contributed by atoms with Crippen molar-refractivity contribution in [2.75, 3.05) is 13.2 Å². The predicted octanol–water partition coefficient (Wildman–Crippen LogP) is 2.43. The summed E-state index contributed by atoms with van der Waals surface area (Å²) in [6.45, 7) is 8.87. The van der Waals surface area contributed by atoms with Gasteiger partial charge in [-0.1, -0.05) is 26.7 Å². The number of amides is 1. The van der Waals surface area contributed by atoms with Crippen LogP contribution >= 0.6 is 0 Å². The zero-order valence-corrected chi connectivity index (χ0v) is 9.87. The largest absolute Gasteiger partial charge is 0.272 e. The van der Waals surface area contributed by atoms with Crippen molar-refractivity contribution in [2.24, 2.45) is 11.8 Å². The Balaban J connectivity index is 2.38. The molecule has 0 aromatic heterocycles. The highest BCUT2D eigenvalue weighted by Gasteiger charge is 2.27. The second kappa shape index (κ2) is 6.11. The Morgan fingerprint density at radius 2 is 2.07 bits per heavy atom. The average Bonchev–Trinajstić information content (AvgIpc) is 2.70. The summed E-state index contributed by atoms with van der Waals surface area (Å²) >= 11 is 0. The van der Waals surface area contributed by atoms with E-state index < -0.39 is 0 Å². The smallest absolute Gasteiger partial charge is 0.249 e. The van der Waals surface area contributed by atoms with Gasteiger partial charge < -0.3 is 0 Å². The van der Waals surface area contributed by atoms with E-state index in [1.807, 2.05) is 0 Å². The molecule has 1 amide bonds. The van der Waals surface area contributed by atoms with Gasteiger partial charge in [-0.15, -0.1) is 0 Å². The lowest BCUT2D eigenvalue weighted by Crippen LogP contribution is -2.36. The molecule has 3 heteroatoms. The van der Waals surface area contributed by atoms with Crippen LogP contribution in [0.25, 0.3) is 0 Å². The second-order valence-corrected chi connectivity index (χ2v) is 4.61. The molecule has 1 fully saturated rings. The maximum Gasteiger partial charge on any atom is 0.249 e. The topological polar surface area (TPSA) is 29.5 Å². The quantitative estimate of drug-likeness (QED) is 0.655. The molecule has 3 nitrogen and oxygen atoms in total. The third kappa shape index (κ3) is 3.82. The molecule has 0 aromatic rings. The van der Waals surface area contributed by atoms with Gasteiger partial charge in [-0.05, 0) is 25.7 Å². The first-order valence-corrected chi connectivity index (χ1v) is 5.88. The summed E-state index contributed by atoms with van der Waals surface area (Å²) in [6.07, 6.45) is 4.37. The number of carbonyl (C=O) groups is 1. The highest BCUT2D eigenvalue weighted by molar-refractivity contribution is 5.78. The van der Waals surface area contributed by atoms with Crippen molar-refractivity contribution < 1.29 is 9.63 Å².